The highest BCUT2D eigenvalue weighted by atomic mass is 35.5. The van der Waals surface area contributed by atoms with Gasteiger partial charge in [-0.2, -0.15) is 0 Å². The second-order valence-electron chi connectivity index (χ2n) is 3.10. The van der Waals surface area contributed by atoms with Crippen molar-refractivity contribution in [3.63, 3.8) is 0 Å². The normalized spacial score (nSPS) is 18.7. The maximum Gasteiger partial charge on any atom is 0.135 e. The molecule has 0 radical (unpaired) electrons. The lowest BCUT2D eigenvalue weighted by Crippen LogP contribution is -2.02. The third kappa shape index (κ3) is 3.31. The summed E-state index contributed by atoms with van der Waals surface area (Å²) in [4.78, 5) is 0. The van der Waals surface area contributed by atoms with Gasteiger partial charge >= 0.3 is 0 Å². The molecule has 0 heterocycles. The second-order valence-corrected chi connectivity index (χ2v) is 3.32. The molecule has 0 spiro atoms. The minimum atomic E-state index is 0.400. The molecule has 3 heteroatoms. The van der Waals surface area contributed by atoms with Gasteiger partial charge in [0.25, 0.3) is 0 Å². The van der Waals surface area contributed by atoms with Gasteiger partial charge in [0, 0.05) is 24.4 Å². The van der Waals surface area contributed by atoms with Crippen LogP contribution in [0.5, 0.6) is 0 Å². The van der Waals surface area contributed by atoms with E-state index in [-0.39, 0.29) is 0 Å². The van der Waals surface area contributed by atoms with Crippen LogP contribution in [0.4, 0.5) is 0 Å². The van der Waals surface area contributed by atoms with Gasteiger partial charge in [0.15, 0.2) is 0 Å². The van der Waals surface area contributed by atoms with Gasteiger partial charge in [0.1, 0.15) is 5.76 Å². The van der Waals surface area contributed by atoms with Crippen molar-refractivity contribution in [3.05, 3.63) is 23.1 Å². The molecule has 0 amide bonds. The highest BCUT2D eigenvalue weighted by molar-refractivity contribution is 6.25. The van der Waals surface area contributed by atoms with Crippen molar-refractivity contribution in [2.45, 2.75) is 32.3 Å². The Labute approximate surface area is 84.6 Å². The molecule has 1 saturated carbocycles. The number of hydrogen-bond acceptors (Lipinski definition) is 2. The molecule has 0 aromatic carbocycles. The van der Waals surface area contributed by atoms with Gasteiger partial charge in [0.2, 0.25) is 0 Å². The second kappa shape index (κ2) is 5.18. The molecule has 0 aromatic heterocycles. The van der Waals surface area contributed by atoms with Gasteiger partial charge < -0.3 is 10.1 Å². The van der Waals surface area contributed by atoms with E-state index in [1.54, 1.807) is 0 Å². The van der Waals surface area contributed by atoms with Crippen molar-refractivity contribution in [1.82, 2.24) is 5.32 Å². The van der Waals surface area contributed by atoms with Crippen LogP contribution < -0.4 is 5.32 Å². The number of hydrogen-bond donors (Lipinski definition) is 1. The molecule has 1 N–H and O–H groups in total. The van der Waals surface area contributed by atoms with Gasteiger partial charge in [-0.3, -0.25) is 0 Å². The average Bonchev–Trinajstić information content (AvgIpc) is 2.94. The lowest BCUT2D eigenvalue weighted by atomic mass is 10.2. The predicted molar refractivity (Wildman–Crippen MR) is 55.5 cm³/mol. The minimum absolute atomic E-state index is 0.400. The fourth-order valence-electron chi connectivity index (χ4n) is 1.06. The van der Waals surface area contributed by atoms with Crippen molar-refractivity contribution in [2.75, 3.05) is 7.05 Å². The standard InChI is InChI=1S/C10H16ClNO/c1-3-8(7-12-2)10(6-11)13-9-4-5-9/h6-7,9,12H,3-5H2,1-2H3/b8-7+,10-6+. The Balaban J connectivity index is 2.56. The van der Waals surface area contributed by atoms with E-state index in [2.05, 4.69) is 12.2 Å². The first-order chi connectivity index (χ1) is 6.31. The molecule has 1 rings (SSSR count). The molecule has 13 heavy (non-hydrogen) atoms. The van der Waals surface area contributed by atoms with Crippen molar-refractivity contribution in [3.8, 4) is 0 Å². The van der Waals surface area contributed by atoms with Crippen LogP contribution in [0.25, 0.3) is 0 Å². The molecule has 0 atom stereocenters. The number of nitrogens with one attached hydrogen (secondary N) is 1. The first-order valence-electron chi connectivity index (χ1n) is 4.65. The summed E-state index contributed by atoms with van der Waals surface area (Å²) in [5.41, 5.74) is 2.63. The molecule has 0 unspecified atom stereocenters. The van der Waals surface area contributed by atoms with E-state index in [0.717, 1.165) is 30.6 Å². The van der Waals surface area contributed by atoms with Crippen LogP contribution in [-0.2, 0) is 4.74 Å². The van der Waals surface area contributed by atoms with Gasteiger partial charge in [-0.25, -0.2) is 0 Å². The summed E-state index contributed by atoms with van der Waals surface area (Å²) in [5.74, 6) is 0.806. The fourth-order valence-corrected chi connectivity index (χ4v) is 1.25. The number of allylic oxidation sites excluding steroid dienone is 1. The zero-order chi connectivity index (χ0) is 9.68. The SMILES string of the molecule is CCC(=C\NC)/C(=C\Cl)OC1CC1. The molecule has 1 fully saturated rings. The van der Waals surface area contributed by atoms with Crippen molar-refractivity contribution < 1.29 is 4.74 Å². The monoisotopic (exact) mass is 201 g/mol. The Morgan fingerprint density at radius 3 is 2.69 bits per heavy atom. The Bertz CT molecular complexity index is 219. The third-order valence-electron chi connectivity index (χ3n) is 1.93. The van der Waals surface area contributed by atoms with Crippen LogP contribution in [0.15, 0.2) is 23.1 Å². The molecule has 0 saturated heterocycles. The van der Waals surface area contributed by atoms with Crippen LogP contribution in [0.2, 0.25) is 0 Å². The van der Waals surface area contributed by atoms with Crippen LogP contribution in [-0.4, -0.2) is 13.2 Å². The van der Waals surface area contributed by atoms with E-state index >= 15 is 0 Å². The molecule has 2 nitrogen and oxygen atoms in total. The van der Waals surface area contributed by atoms with Crippen molar-refractivity contribution in [2.24, 2.45) is 0 Å². The smallest absolute Gasteiger partial charge is 0.135 e. The fraction of sp³-hybridized carbons (Fsp3) is 0.600. The van der Waals surface area contributed by atoms with Crippen LogP contribution in [0.3, 0.4) is 0 Å². The van der Waals surface area contributed by atoms with E-state index in [9.17, 15) is 0 Å². The molecule has 1 aliphatic rings. The highest BCUT2D eigenvalue weighted by Crippen LogP contribution is 2.29. The van der Waals surface area contributed by atoms with Gasteiger partial charge in [-0.1, -0.05) is 18.5 Å². The largest absolute Gasteiger partial charge is 0.489 e. The summed E-state index contributed by atoms with van der Waals surface area (Å²) in [5, 5.41) is 2.99. The van der Waals surface area contributed by atoms with Crippen LogP contribution in [0, 0.1) is 0 Å². The molecule has 0 aliphatic heterocycles. The molecule has 0 aromatic rings. The minimum Gasteiger partial charge on any atom is -0.489 e. The molecular weight excluding hydrogens is 186 g/mol. The first kappa shape index (κ1) is 10.5. The Morgan fingerprint density at radius 1 is 1.62 bits per heavy atom. The average molecular weight is 202 g/mol. The Morgan fingerprint density at radius 2 is 2.31 bits per heavy atom. The Hall–Kier alpha value is -0.630. The van der Waals surface area contributed by atoms with Crippen LogP contribution in [0.1, 0.15) is 26.2 Å². The maximum atomic E-state index is 5.69. The van der Waals surface area contributed by atoms with Gasteiger partial charge in [0.05, 0.1) is 6.10 Å². The van der Waals surface area contributed by atoms with Crippen molar-refractivity contribution >= 4 is 11.6 Å². The van der Waals surface area contributed by atoms with Gasteiger partial charge in [-0.15, -0.1) is 0 Å². The summed E-state index contributed by atoms with van der Waals surface area (Å²) >= 11 is 5.69. The maximum absolute atomic E-state index is 5.69. The molecule has 1 aliphatic carbocycles. The number of halogens is 1. The summed E-state index contributed by atoms with van der Waals surface area (Å²) in [6.07, 6.45) is 5.56. The van der Waals surface area contributed by atoms with E-state index in [1.807, 2.05) is 13.2 Å². The summed E-state index contributed by atoms with van der Waals surface area (Å²) in [6, 6.07) is 0. The zero-order valence-electron chi connectivity index (χ0n) is 8.14. The topological polar surface area (TPSA) is 21.3 Å². The lowest BCUT2D eigenvalue weighted by molar-refractivity contribution is 0.204. The van der Waals surface area contributed by atoms with Gasteiger partial charge in [-0.05, 0) is 19.3 Å². The van der Waals surface area contributed by atoms with E-state index < -0.39 is 0 Å². The Kier molecular flexibility index (Phi) is 4.16. The summed E-state index contributed by atoms with van der Waals surface area (Å²) in [7, 11) is 1.87. The van der Waals surface area contributed by atoms with E-state index in [0.29, 0.717) is 6.10 Å². The molecule has 74 valence electrons. The summed E-state index contributed by atoms with van der Waals surface area (Å²) in [6.45, 7) is 2.08. The number of rotatable bonds is 5. The molecule has 0 bridgehead atoms. The number of ether oxygens (including phenoxy) is 1. The summed E-state index contributed by atoms with van der Waals surface area (Å²) < 4.78 is 5.64. The quantitative estimate of drug-likeness (QED) is 0.546. The first-order valence-corrected chi connectivity index (χ1v) is 5.09. The lowest BCUT2D eigenvalue weighted by Gasteiger charge is -2.10. The van der Waals surface area contributed by atoms with Crippen molar-refractivity contribution in [1.29, 1.82) is 0 Å². The predicted octanol–water partition coefficient (Wildman–Crippen LogP) is 2.76. The highest BCUT2D eigenvalue weighted by Gasteiger charge is 2.25. The van der Waals surface area contributed by atoms with E-state index in [4.69, 9.17) is 16.3 Å². The zero-order valence-corrected chi connectivity index (χ0v) is 8.90. The van der Waals surface area contributed by atoms with Crippen LogP contribution >= 0.6 is 11.6 Å². The third-order valence-corrected chi connectivity index (χ3v) is 2.13. The molecular formula is C10H16ClNO. The van der Waals surface area contributed by atoms with E-state index in [1.165, 1.54) is 5.54 Å².